The number of ether oxygens (including phenoxy) is 1. The van der Waals surface area contributed by atoms with E-state index in [-0.39, 0.29) is 0 Å². The third-order valence-electron chi connectivity index (χ3n) is 2.88. The van der Waals surface area contributed by atoms with Crippen LogP contribution in [0.25, 0.3) is 21.5 Å². The first-order valence-electron chi connectivity index (χ1n) is 5.53. The van der Waals surface area contributed by atoms with Crippen LogP contribution in [-0.4, -0.2) is 36.6 Å². The number of nitrogens with zero attached hydrogens (tertiary/aromatic N) is 6. The minimum Gasteiger partial charge on any atom is -0.378 e. The number of hydrogen-bond donors (Lipinski definition) is 0. The Morgan fingerprint density at radius 2 is 2.00 bits per heavy atom. The minimum absolute atomic E-state index is 0.422. The molecule has 0 aliphatic carbocycles. The van der Waals surface area contributed by atoms with Gasteiger partial charge in [0, 0.05) is 18.0 Å². The molecule has 1 aromatic heterocycles. The fourth-order valence-electron chi connectivity index (χ4n) is 2.03. The number of hydrogen-bond acceptors (Lipinski definition) is 6. The number of azide groups is 1. The summed E-state index contributed by atoms with van der Waals surface area (Å²) in [5.74, 6) is 0. The standard InChI is InChI=1S/C10H10N6O2/c11-15-12-7-1-2-8(10-9(7)13-18-14-10)16-3-5-17-6-4-16/h1-2H,3-6H2. The summed E-state index contributed by atoms with van der Waals surface area (Å²) >= 11 is 0. The molecule has 8 heteroatoms. The molecule has 2 aromatic rings. The maximum absolute atomic E-state index is 8.49. The molecule has 0 amide bonds. The normalized spacial score (nSPS) is 15.7. The van der Waals surface area contributed by atoms with Crippen LogP contribution in [0.3, 0.4) is 0 Å². The van der Waals surface area contributed by atoms with Gasteiger partial charge in [0.1, 0.15) is 5.52 Å². The Morgan fingerprint density at radius 1 is 1.22 bits per heavy atom. The van der Waals surface area contributed by atoms with E-state index in [1.54, 1.807) is 6.07 Å². The molecule has 18 heavy (non-hydrogen) atoms. The fourth-order valence-corrected chi connectivity index (χ4v) is 2.03. The van der Waals surface area contributed by atoms with Gasteiger partial charge < -0.3 is 9.64 Å². The molecule has 8 nitrogen and oxygen atoms in total. The van der Waals surface area contributed by atoms with Crippen molar-refractivity contribution in [2.24, 2.45) is 5.11 Å². The van der Waals surface area contributed by atoms with Crippen molar-refractivity contribution in [2.75, 3.05) is 31.2 Å². The van der Waals surface area contributed by atoms with Gasteiger partial charge in [-0.3, -0.25) is 0 Å². The van der Waals surface area contributed by atoms with Crippen LogP contribution in [0, 0.1) is 0 Å². The van der Waals surface area contributed by atoms with Crippen molar-refractivity contribution in [2.45, 2.75) is 0 Å². The van der Waals surface area contributed by atoms with E-state index in [9.17, 15) is 0 Å². The van der Waals surface area contributed by atoms with Gasteiger partial charge in [-0.2, -0.15) is 0 Å². The largest absolute Gasteiger partial charge is 0.378 e. The van der Waals surface area contributed by atoms with Gasteiger partial charge in [-0.25, -0.2) is 4.63 Å². The van der Waals surface area contributed by atoms with Crippen LogP contribution < -0.4 is 4.90 Å². The summed E-state index contributed by atoms with van der Waals surface area (Å²) in [7, 11) is 0. The third kappa shape index (κ3) is 1.73. The zero-order valence-corrected chi connectivity index (χ0v) is 9.48. The summed E-state index contributed by atoms with van der Waals surface area (Å²) < 4.78 is 10.1. The molecular formula is C10H10N6O2. The average Bonchev–Trinajstić information content (AvgIpc) is 2.90. The Morgan fingerprint density at radius 3 is 2.78 bits per heavy atom. The summed E-state index contributed by atoms with van der Waals surface area (Å²) in [6.45, 7) is 2.96. The first-order valence-corrected chi connectivity index (χ1v) is 5.53. The average molecular weight is 246 g/mol. The number of morpholine rings is 1. The van der Waals surface area contributed by atoms with Crippen LogP contribution in [0.15, 0.2) is 21.9 Å². The van der Waals surface area contributed by atoms with E-state index < -0.39 is 0 Å². The molecule has 1 aromatic carbocycles. The molecule has 3 rings (SSSR count). The lowest BCUT2D eigenvalue weighted by Gasteiger charge is -2.28. The number of rotatable bonds is 2. The van der Waals surface area contributed by atoms with Crippen molar-refractivity contribution in [1.82, 2.24) is 10.3 Å². The number of aromatic nitrogens is 2. The molecule has 0 N–H and O–H groups in total. The summed E-state index contributed by atoms with van der Waals surface area (Å²) in [4.78, 5) is 4.91. The number of benzene rings is 1. The highest BCUT2D eigenvalue weighted by atomic mass is 16.6. The Hall–Kier alpha value is -2.31. The summed E-state index contributed by atoms with van der Waals surface area (Å²) in [5.41, 5.74) is 10.9. The SMILES string of the molecule is [N-]=[N+]=Nc1ccc(N2CCOCC2)c2nonc12. The fraction of sp³-hybridized carbons (Fsp3) is 0.400. The van der Waals surface area contributed by atoms with Crippen molar-refractivity contribution in [3.63, 3.8) is 0 Å². The van der Waals surface area contributed by atoms with Crippen LogP contribution in [0.1, 0.15) is 0 Å². The first-order chi connectivity index (χ1) is 8.90. The smallest absolute Gasteiger partial charge is 0.158 e. The van der Waals surface area contributed by atoms with E-state index in [1.165, 1.54) is 0 Å². The lowest BCUT2D eigenvalue weighted by atomic mass is 10.2. The Labute approximate surface area is 102 Å². The maximum Gasteiger partial charge on any atom is 0.158 e. The van der Waals surface area contributed by atoms with Crippen LogP contribution in [0.5, 0.6) is 0 Å². The summed E-state index contributed by atoms with van der Waals surface area (Å²) in [5, 5.41) is 11.2. The third-order valence-corrected chi connectivity index (χ3v) is 2.88. The molecular weight excluding hydrogens is 236 g/mol. The predicted molar refractivity (Wildman–Crippen MR) is 63.6 cm³/mol. The molecule has 2 heterocycles. The molecule has 0 atom stereocenters. The highest BCUT2D eigenvalue weighted by Gasteiger charge is 2.18. The zero-order valence-electron chi connectivity index (χ0n) is 9.48. The predicted octanol–water partition coefficient (Wildman–Crippen LogP) is 2.00. The van der Waals surface area contributed by atoms with E-state index in [0.29, 0.717) is 29.9 Å². The van der Waals surface area contributed by atoms with Gasteiger partial charge >= 0.3 is 0 Å². The Kier molecular flexibility index (Phi) is 2.71. The Balaban J connectivity index is 2.10. The van der Waals surface area contributed by atoms with Gasteiger partial charge in [-0.15, -0.1) is 0 Å². The van der Waals surface area contributed by atoms with Crippen molar-refractivity contribution in [3.05, 3.63) is 22.6 Å². The molecule has 1 fully saturated rings. The molecule has 1 saturated heterocycles. The number of anilines is 1. The summed E-state index contributed by atoms with van der Waals surface area (Å²) in [6.07, 6.45) is 0. The highest BCUT2D eigenvalue weighted by molar-refractivity contribution is 5.95. The van der Waals surface area contributed by atoms with E-state index in [2.05, 4.69) is 25.2 Å². The van der Waals surface area contributed by atoms with Gasteiger partial charge in [0.15, 0.2) is 5.52 Å². The van der Waals surface area contributed by atoms with Gasteiger partial charge in [-0.1, -0.05) is 5.11 Å². The molecule has 92 valence electrons. The Bertz CT molecular complexity index is 612. The van der Waals surface area contributed by atoms with Gasteiger partial charge in [0.2, 0.25) is 0 Å². The molecule has 0 spiro atoms. The van der Waals surface area contributed by atoms with E-state index >= 15 is 0 Å². The van der Waals surface area contributed by atoms with Crippen molar-refractivity contribution >= 4 is 22.4 Å². The van der Waals surface area contributed by atoms with Gasteiger partial charge in [-0.05, 0) is 28.0 Å². The lowest BCUT2D eigenvalue weighted by Crippen LogP contribution is -2.36. The summed E-state index contributed by atoms with van der Waals surface area (Å²) in [6, 6.07) is 3.58. The second-order valence-electron chi connectivity index (χ2n) is 3.85. The van der Waals surface area contributed by atoms with Crippen LogP contribution in [0.2, 0.25) is 0 Å². The van der Waals surface area contributed by atoms with Crippen LogP contribution in [-0.2, 0) is 4.74 Å². The molecule has 1 aliphatic rings. The molecule has 0 radical (unpaired) electrons. The van der Waals surface area contributed by atoms with Gasteiger partial charge in [0.25, 0.3) is 0 Å². The molecule has 1 aliphatic heterocycles. The highest BCUT2D eigenvalue weighted by Crippen LogP contribution is 2.31. The van der Waals surface area contributed by atoms with E-state index in [1.807, 2.05) is 6.07 Å². The van der Waals surface area contributed by atoms with Crippen molar-refractivity contribution in [3.8, 4) is 0 Å². The van der Waals surface area contributed by atoms with E-state index in [0.717, 1.165) is 18.8 Å². The molecule has 0 bridgehead atoms. The van der Waals surface area contributed by atoms with Crippen molar-refractivity contribution in [1.29, 1.82) is 0 Å². The molecule has 0 unspecified atom stereocenters. The minimum atomic E-state index is 0.422. The lowest BCUT2D eigenvalue weighted by molar-refractivity contribution is 0.123. The van der Waals surface area contributed by atoms with E-state index in [4.69, 9.17) is 14.9 Å². The maximum atomic E-state index is 8.49. The monoisotopic (exact) mass is 246 g/mol. The van der Waals surface area contributed by atoms with Gasteiger partial charge in [0.05, 0.1) is 24.6 Å². The van der Waals surface area contributed by atoms with Crippen molar-refractivity contribution < 1.29 is 9.37 Å². The topological polar surface area (TPSA) is 100 Å². The van der Waals surface area contributed by atoms with Crippen LogP contribution in [0.4, 0.5) is 11.4 Å². The quantitative estimate of drug-likeness (QED) is 0.458. The number of fused-ring (bicyclic) bond motifs is 1. The molecule has 0 saturated carbocycles. The second-order valence-corrected chi connectivity index (χ2v) is 3.85. The van der Waals surface area contributed by atoms with Crippen LogP contribution >= 0.6 is 0 Å². The zero-order chi connectivity index (χ0) is 12.4. The second kappa shape index (κ2) is 4.52. The first kappa shape index (κ1) is 10.8.